The monoisotopic (exact) mass is 312 g/mol. The van der Waals surface area contributed by atoms with Gasteiger partial charge in [0.15, 0.2) is 5.96 Å². The van der Waals surface area contributed by atoms with Crippen molar-refractivity contribution < 1.29 is 9.53 Å². The molecule has 0 radical (unpaired) electrons. The minimum absolute atomic E-state index is 0.229. The molecular formula is C16H32N4O2. The number of methoxy groups -OCH3 is 1. The minimum Gasteiger partial charge on any atom is -0.453 e. The van der Waals surface area contributed by atoms with Crippen LogP contribution in [0.3, 0.4) is 0 Å². The van der Waals surface area contributed by atoms with Gasteiger partial charge in [-0.05, 0) is 25.7 Å². The molecule has 0 spiro atoms. The van der Waals surface area contributed by atoms with Gasteiger partial charge in [-0.3, -0.25) is 4.99 Å². The number of nitrogens with one attached hydrogen (secondary N) is 2. The lowest BCUT2D eigenvalue weighted by Crippen LogP contribution is -2.49. The van der Waals surface area contributed by atoms with Crippen LogP contribution in [0.5, 0.6) is 0 Å². The molecule has 0 atom stereocenters. The van der Waals surface area contributed by atoms with Crippen LogP contribution in [-0.2, 0) is 4.74 Å². The Morgan fingerprint density at radius 1 is 1.27 bits per heavy atom. The molecule has 128 valence electrons. The largest absolute Gasteiger partial charge is 0.453 e. The van der Waals surface area contributed by atoms with Gasteiger partial charge in [-0.2, -0.15) is 0 Å². The zero-order chi connectivity index (χ0) is 16.4. The molecule has 0 unspecified atom stereocenters. The Morgan fingerprint density at radius 3 is 2.41 bits per heavy atom. The first-order chi connectivity index (χ1) is 10.6. The summed E-state index contributed by atoms with van der Waals surface area (Å²) in [5, 5.41) is 6.81. The maximum Gasteiger partial charge on any atom is 0.409 e. The standard InChI is InChI=1S/C16H32N4O2/c1-5-13(6-2)12-18-15(17-7-3)19-14-8-10-20(11-9-14)16(21)22-4/h13-14H,5-12H2,1-4H3,(H2,17,18,19). The van der Waals surface area contributed by atoms with Gasteiger partial charge in [-0.25, -0.2) is 4.79 Å². The van der Waals surface area contributed by atoms with E-state index in [1.807, 2.05) is 0 Å². The van der Waals surface area contributed by atoms with Gasteiger partial charge in [0.05, 0.1) is 7.11 Å². The zero-order valence-corrected chi connectivity index (χ0v) is 14.5. The number of carbonyl (C=O) groups excluding carboxylic acids is 1. The van der Waals surface area contributed by atoms with Crippen molar-refractivity contribution >= 4 is 12.1 Å². The SMILES string of the molecule is CCNC(=NCC(CC)CC)NC1CCN(C(=O)OC)CC1. The second kappa shape index (κ2) is 10.3. The summed E-state index contributed by atoms with van der Waals surface area (Å²) in [5.74, 6) is 1.54. The quantitative estimate of drug-likeness (QED) is 0.583. The number of guanidine groups is 1. The van der Waals surface area contributed by atoms with E-state index in [4.69, 9.17) is 9.73 Å². The number of likely N-dealkylation sites (tertiary alicyclic amines) is 1. The van der Waals surface area contributed by atoms with Gasteiger partial charge < -0.3 is 20.3 Å². The van der Waals surface area contributed by atoms with Crippen LogP contribution < -0.4 is 10.6 Å². The van der Waals surface area contributed by atoms with E-state index in [-0.39, 0.29) is 6.09 Å². The molecule has 1 rings (SSSR count). The lowest BCUT2D eigenvalue weighted by Gasteiger charge is -2.32. The number of carbonyl (C=O) groups is 1. The molecule has 1 amide bonds. The first-order valence-electron chi connectivity index (χ1n) is 8.52. The molecule has 0 saturated carbocycles. The van der Waals surface area contributed by atoms with E-state index in [0.29, 0.717) is 12.0 Å². The van der Waals surface area contributed by atoms with E-state index in [9.17, 15) is 4.79 Å². The highest BCUT2D eigenvalue weighted by Crippen LogP contribution is 2.11. The first kappa shape index (κ1) is 18.6. The van der Waals surface area contributed by atoms with Crippen molar-refractivity contribution in [3.63, 3.8) is 0 Å². The Labute approximate surface area is 134 Å². The third kappa shape index (κ3) is 6.12. The Bertz CT molecular complexity index is 348. The minimum atomic E-state index is -0.229. The predicted octanol–water partition coefficient (Wildman–Crippen LogP) is 2.21. The average Bonchev–Trinajstić information content (AvgIpc) is 2.55. The van der Waals surface area contributed by atoms with Crippen molar-refractivity contribution in [3.8, 4) is 0 Å². The molecule has 1 heterocycles. The molecule has 0 aliphatic carbocycles. The van der Waals surface area contributed by atoms with Crippen molar-refractivity contribution in [3.05, 3.63) is 0 Å². The second-order valence-corrected chi connectivity index (χ2v) is 5.78. The fraction of sp³-hybridized carbons (Fsp3) is 0.875. The molecule has 1 aliphatic heterocycles. The second-order valence-electron chi connectivity index (χ2n) is 5.78. The number of hydrogen-bond donors (Lipinski definition) is 2. The van der Waals surface area contributed by atoms with Crippen molar-refractivity contribution in [2.45, 2.75) is 52.5 Å². The van der Waals surface area contributed by atoms with Gasteiger partial charge in [0.25, 0.3) is 0 Å². The maximum absolute atomic E-state index is 11.5. The van der Waals surface area contributed by atoms with Crippen LogP contribution in [-0.4, -0.2) is 56.3 Å². The number of hydrogen-bond acceptors (Lipinski definition) is 3. The van der Waals surface area contributed by atoms with Crippen LogP contribution in [0.4, 0.5) is 4.79 Å². The smallest absolute Gasteiger partial charge is 0.409 e. The topological polar surface area (TPSA) is 66.0 Å². The number of ether oxygens (including phenoxy) is 1. The summed E-state index contributed by atoms with van der Waals surface area (Å²) in [7, 11) is 1.43. The molecule has 1 fully saturated rings. The van der Waals surface area contributed by atoms with Crippen LogP contribution in [0.2, 0.25) is 0 Å². The maximum atomic E-state index is 11.5. The Hall–Kier alpha value is -1.46. The normalized spacial score (nSPS) is 16.8. The Kier molecular flexibility index (Phi) is 8.70. The number of piperidine rings is 1. The fourth-order valence-corrected chi connectivity index (χ4v) is 2.62. The molecule has 6 nitrogen and oxygen atoms in total. The van der Waals surface area contributed by atoms with E-state index in [1.54, 1.807) is 4.90 Å². The molecule has 0 bridgehead atoms. The lowest BCUT2D eigenvalue weighted by atomic mass is 10.0. The van der Waals surface area contributed by atoms with E-state index in [2.05, 4.69) is 31.4 Å². The summed E-state index contributed by atoms with van der Waals surface area (Å²) in [6.07, 6.45) is 3.94. The highest BCUT2D eigenvalue weighted by molar-refractivity contribution is 5.80. The molecule has 1 aliphatic rings. The van der Waals surface area contributed by atoms with Crippen LogP contribution in [0.1, 0.15) is 46.5 Å². The molecule has 0 aromatic heterocycles. The molecule has 0 aromatic rings. The van der Waals surface area contributed by atoms with E-state index < -0.39 is 0 Å². The number of aliphatic imine (C=N–C) groups is 1. The summed E-state index contributed by atoms with van der Waals surface area (Å²) in [4.78, 5) is 18.0. The van der Waals surface area contributed by atoms with Crippen LogP contribution >= 0.6 is 0 Å². The van der Waals surface area contributed by atoms with Crippen LogP contribution in [0, 0.1) is 5.92 Å². The molecule has 0 aromatic carbocycles. The first-order valence-corrected chi connectivity index (χ1v) is 8.52. The molecule has 6 heteroatoms. The Morgan fingerprint density at radius 2 is 1.91 bits per heavy atom. The molecule has 22 heavy (non-hydrogen) atoms. The van der Waals surface area contributed by atoms with Crippen LogP contribution in [0.25, 0.3) is 0 Å². The highest BCUT2D eigenvalue weighted by Gasteiger charge is 2.23. The van der Waals surface area contributed by atoms with E-state index in [1.165, 1.54) is 7.11 Å². The summed E-state index contributed by atoms with van der Waals surface area (Å²) >= 11 is 0. The van der Waals surface area contributed by atoms with Gasteiger partial charge in [-0.1, -0.05) is 26.7 Å². The van der Waals surface area contributed by atoms with Gasteiger partial charge in [0.1, 0.15) is 0 Å². The third-order valence-corrected chi connectivity index (χ3v) is 4.28. The van der Waals surface area contributed by atoms with Crippen molar-refractivity contribution in [1.29, 1.82) is 0 Å². The van der Waals surface area contributed by atoms with E-state index >= 15 is 0 Å². The van der Waals surface area contributed by atoms with E-state index in [0.717, 1.165) is 57.8 Å². The summed E-state index contributed by atoms with van der Waals surface area (Å²) in [6.45, 7) is 9.69. The summed E-state index contributed by atoms with van der Waals surface area (Å²) in [5.41, 5.74) is 0. The predicted molar refractivity (Wildman–Crippen MR) is 90.2 cm³/mol. The third-order valence-electron chi connectivity index (χ3n) is 4.28. The van der Waals surface area contributed by atoms with Crippen molar-refractivity contribution in [1.82, 2.24) is 15.5 Å². The summed E-state index contributed by atoms with van der Waals surface area (Å²) < 4.78 is 4.76. The van der Waals surface area contributed by atoms with Gasteiger partial charge >= 0.3 is 6.09 Å². The van der Waals surface area contributed by atoms with Gasteiger partial charge in [-0.15, -0.1) is 0 Å². The van der Waals surface area contributed by atoms with Gasteiger partial charge in [0, 0.05) is 32.2 Å². The van der Waals surface area contributed by atoms with Crippen LogP contribution in [0.15, 0.2) is 4.99 Å². The number of amides is 1. The molecule has 2 N–H and O–H groups in total. The molecular weight excluding hydrogens is 280 g/mol. The summed E-state index contributed by atoms with van der Waals surface area (Å²) in [6, 6.07) is 0.361. The van der Waals surface area contributed by atoms with Crippen molar-refractivity contribution in [2.24, 2.45) is 10.9 Å². The number of rotatable bonds is 6. The lowest BCUT2D eigenvalue weighted by molar-refractivity contribution is 0.111. The van der Waals surface area contributed by atoms with Gasteiger partial charge in [0.2, 0.25) is 0 Å². The van der Waals surface area contributed by atoms with Crippen molar-refractivity contribution in [2.75, 3.05) is 33.3 Å². The highest BCUT2D eigenvalue weighted by atomic mass is 16.5. The average molecular weight is 312 g/mol. The fourth-order valence-electron chi connectivity index (χ4n) is 2.62. The molecule has 1 saturated heterocycles. The Balaban J connectivity index is 2.47. The zero-order valence-electron chi connectivity index (χ0n) is 14.5. The number of nitrogens with zero attached hydrogens (tertiary/aromatic N) is 2.